The predicted octanol–water partition coefficient (Wildman–Crippen LogP) is 2.78. The molecule has 0 radical (unpaired) electrons. The third-order valence-electron chi connectivity index (χ3n) is 1.50. The van der Waals surface area contributed by atoms with E-state index in [2.05, 4.69) is 19.9 Å². The first-order valence-corrected chi connectivity index (χ1v) is 8.30. The molecule has 0 aromatic carbocycles. The van der Waals surface area contributed by atoms with Crippen molar-refractivity contribution in [2.45, 2.75) is 4.90 Å². The molecule has 2 heterocycles. The van der Waals surface area contributed by atoms with Crippen LogP contribution in [-0.4, -0.2) is 19.9 Å². The summed E-state index contributed by atoms with van der Waals surface area (Å²) in [7, 11) is 0. The minimum Gasteiger partial charge on any atom is -0.422 e. The Bertz CT molecular complexity index is 484. The van der Waals surface area contributed by atoms with Crippen molar-refractivity contribution < 1.29 is 9.09 Å². The summed E-state index contributed by atoms with van der Waals surface area (Å²) in [5.74, 6) is -3.16. The van der Waals surface area contributed by atoms with Gasteiger partial charge in [-0.3, -0.25) is 0 Å². The molecule has 9 heteroatoms. The maximum absolute atomic E-state index is 11.9. The summed E-state index contributed by atoms with van der Waals surface area (Å²) < 4.78 is 17.1. The zero-order chi connectivity index (χ0) is 12.1. The van der Waals surface area contributed by atoms with Crippen LogP contribution in [0.15, 0.2) is 42.3 Å². The molecule has 0 aliphatic rings. The van der Waals surface area contributed by atoms with Crippen molar-refractivity contribution in [3.63, 3.8) is 0 Å². The Morgan fingerprint density at radius 1 is 1.06 bits per heavy atom. The monoisotopic (exact) mass is 288 g/mol. The molecule has 0 fully saturated rings. The van der Waals surface area contributed by atoms with Gasteiger partial charge in [0.15, 0.2) is 5.75 Å². The minimum atomic E-state index is -3.41. The van der Waals surface area contributed by atoms with Crippen molar-refractivity contribution in [3.05, 3.63) is 37.4 Å². The van der Waals surface area contributed by atoms with Crippen molar-refractivity contribution in [1.29, 1.82) is 0 Å². The molecular formula is C8H6ClN4O2PS. The molecule has 0 spiro atoms. The van der Waals surface area contributed by atoms with E-state index in [0.717, 1.165) is 11.4 Å². The van der Waals surface area contributed by atoms with Crippen molar-refractivity contribution in [3.8, 4) is 5.75 Å². The highest BCUT2D eigenvalue weighted by molar-refractivity contribution is 8.63. The van der Waals surface area contributed by atoms with Gasteiger partial charge in [-0.15, -0.1) is 0 Å². The Hall–Kier alpha value is -1.17. The van der Waals surface area contributed by atoms with Crippen molar-refractivity contribution in [2.75, 3.05) is 0 Å². The van der Waals surface area contributed by atoms with Crippen LogP contribution in [0.25, 0.3) is 0 Å². The molecule has 2 rings (SSSR count). The standard InChI is InChI=1S/C8H6ClN4O2PS/c9-16(14,15-7-1-10-5-11-2-7)17-8-3-12-6-13-4-8/h1-6H. The zero-order valence-corrected chi connectivity index (χ0v) is 10.8. The first-order valence-electron chi connectivity index (χ1n) is 4.35. The van der Waals surface area contributed by atoms with E-state index in [-0.39, 0.29) is 5.75 Å². The molecule has 0 N–H and O–H groups in total. The normalized spacial score (nSPS) is 13.9. The highest BCUT2D eigenvalue weighted by Gasteiger charge is 2.23. The van der Waals surface area contributed by atoms with Crippen LogP contribution in [0.3, 0.4) is 0 Å². The molecule has 1 atom stereocenters. The molecule has 0 aliphatic carbocycles. The predicted molar refractivity (Wildman–Crippen MR) is 64.0 cm³/mol. The maximum Gasteiger partial charge on any atom is 0.398 e. The maximum atomic E-state index is 11.9. The van der Waals surface area contributed by atoms with E-state index in [1.807, 2.05) is 0 Å². The molecule has 1 unspecified atom stereocenters. The lowest BCUT2D eigenvalue weighted by molar-refractivity contribution is 0.511. The largest absolute Gasteiger partial charge is 0.422 e. The van der Waals surface area contributed by atoms with Gasteiger partial charge in [0.25, 0.3) is 0 Å². The van der Waals surface area contributed by atoms with E-state index in [1.54, 1.807) is 0 Å². The lowest BCUT2D eigenvalue weighted by Gasteiger charge is -2.10. The van der Waals surface area contributed by atoms with Gasteiger partial charge in [-0.25, -0.2) is 24.5 Å². The van der Waals surface area contributed by atoms with Gasteiger partial charge in [-0.2, -0.15) is 0 Å². The summed E-state index contributed by atoms with van der Waals surface area (Å²) in [5, 5.41) is 0. The van der Waals surface area contributed by atoms with Gasteiger partial charge in [0.05, 0.1) is 17.3 Å². The van der Waals surface area contributed by atoms with Crippen LogP contribution in [0, 0.1) is 0 Å². The third-order valence-corrected chi connectivity index (χ3v) is 4.91. The summed E-state index contributed by atoms with van der Waals surface area (Å²) >= 11 is 6.65. The fourth-order valence-electron chi connectivity index (χ4n) is 0.936. The highest BCUT2D eigenvalue weighted by atomic mass is 35.7. The second-order valence-electron chi connectivity index (χ2n) is 2.76. The molecule has 2 aromatic rings. The number of aromatic nitrogens is 4. The van der Waals surface area contributed by atoms with Crippen LogP contribution >= 0.6 is 28.5 Å². The van der Waals surface area contributed by atoms with Crippen LogP contribution in [0.2, 0.25) is 0 Å². The lowest BCUT2D eigenvalue weighted by Crippen LogP contribution is -1.87. The molecule has 0 aliphatic heterocycles. The smallest absolute Gasteiger partial charge is 0.398 e. The molecular weight excluding hydrogens is 283 g/mol. The van der Waals surface area contributed by atoms with Gasteiger partial charge in [0.1, 0.15) is 12.7 Å². The number of hydrogen-bond acceptors (Lipinski definition) is 7. The van der Waals surface area contributed by atoms with Crippen LogP contribution in [0.4, 0.5) is 0 Å². The molecule has 0 saturated carbocycles. The van der Waals surface area contributed by atoms with E-state index in [9.17, 15) is 4.57 Å². The van der Waals surface area contributed by atoms with Gasteiger partial charge >= 0.3 is 5.92 Å². The lowest BCUT2D eigenvalue weighted by atomic mass is 10.6. The summed E-state index contributed by atoms with van der Waals surface area (Å²) in [5.41, 5.74) is 0. The molecule has 0 amide bonds. The van der Waals surface area contributed by atoms with Crippen LogP contribution in [0.1, 0.15) is 0 Å². The molecule has 88 valence electrons. The molecule has 0 saturated heterocycles. The Morgan fingerprint density at radius 2 is 1.59 bits per heavy atom. The molecule has 6 nitrogen and oxygen atoms in total. The Kier molecular flexibility index (Phi) is 3.93. The minimum absolute atomic E-state index is 0.246. The second kappa shape index (κ2) is 5.44. The Balaban J connectivity index is 2.07. The van der Waals surface area contributed by atoms with E-state index in [0.29, 0.717) is 4.90 Å². The number of hydrogen-bond donors (Lipinski definition) is 0. The third kappa shape index (κ3) is 3.96. The van der Waals surface area contributed by atoms with Gasteiger partial charge < -0.3 is 4.52 Å². The van der Waals surface area contributed by atoms with Crippen molar-refractivity contribution >= 4 is 28.5 Å². The Labute approximate surface area is 106 Å². The quantitative estimate of drug-likeness (QED) is 0.800. The van der Waals surface area contributed by atoms with E-state index in [1.165, 1.54) is 37.4 Å². The van der Waals surface area contributed by atoms with Crippen molar-refractivity contribution in [2.24, 2.45) is 0 Å². The molecule has 2 aromatic heterocycles. The summed E-state index contributed by atoms with van der Waals surface area (Å²) in [4.78, 5) is 15.6. The topological polar surface area (TPSA) is 77.9 Å². The van der Waals surface area contributed by atoms with Gasteiger partial charge in [-0.05, 0) is 22.6 Å². The summed E-state index contributed by atoms with van der Waals surface area (Å²) in [6.45, 7) is 0. The van der Waals surface area contributed by atoms with Crippen LogP contribution < -0.4 is 4.52 Å². The fraction of sp³-hybridized carbons (Fsp3) is 0. The van der Waals surface area contributed by atoms with E-state index >= 15 is 0 Å². The number of nitrogens with zero attached hydrogens (tertiary/aromatic N) is 4. The van der Waals surface area contributed by atoms with E-state index < -0.39 is 5.92 Å². The number of rotatable bonds is 4. The highest BCUT2D eigenvalue weighted by Crippen LogP contribution is 2.66. The first-order chi connectivity index (χ1) is 8.16. The summed E-state index contributed by atoms with van der Waals surface area (Å²) in [6.07, 6.45) is 8.46. The summed E-state index contributed by atoms with van der Waals surface area (Å²) in [6, 6.07) is 0. The zero-order valence-electron chi connectivity index (χ0n) is 8.30. The van der Waals surface area contributed by atoms with Gasteiger partial charge in [0.2, 0.25) is 0 Å². The SMILES string of the molecule is O=P(Cl)(Oc1cncnc1)Sc1cncnc1. The second-order valence-corrected chi connectivity index (χ2v) is 8.39. The molecule has 17 heavy (non-hydrogen) atoms. The average molecular weight is 289 g/mol. The Morgan fingerprint density at radius 3 is 2.18 bits per heavy atom. The van der Waals surface area contributed by atoms with Crippen LogP contribution in [0.5, 0.6) is 5.75 Å². The van der Waals surface area contributed by atoms with Crippen molar-refractivity contribution in [1.82, 2.24) is 19.9 Å². The van der Waals surface area contributed by atoms with Crippen LogP contribution in [-0.2, 0) is 4.57 Å². The van der Waals surface area contributed by atoms with E-state index in [4.69, 9.17) is 15.8 Å². The van der Waals surface area contributed by atoms with Gasteiger partial charge in [-0.1, -0.05) is 0 Å². The molecule has 0 bridgehead atoms. The fourth-order valence-corrected chi connectivity index (χ4v) is 4.15. The van der Waals surface area contributed by atoms with Gasteiger partial charge in [0, 0.05) is 12.4 Å². The first kappa shape index (κ1) is 12.3. The number of halogens is 1. The average Bonchev–Trinajstić information content (AvgIpc) is 2.30.